The maximum absolute atomic E-state index is 13.9. The average molecular weight is 455 g/mol. The number of β-lactam (4-membered cyclic amide) rings is 1. The Hall–Kier alpha value is -3.38. The molecule has 0 radical (unpaired) electrons. The second kappa shape index (κ2) is 7.06. The van der Waals surface area contributed by atoms with Crippen molar-refractivity contribution >= 4 is 35.2 Å². The summed E-state index contributed by atoms with van der Waals surface area (Å²) in [6.45, 7) is 4.16. The topological polar surface area (TPSA) is 57.7 Å². The fourth-order valence-corrected chi connectivity index (χ4v) is 6.78. The van der Waals surface area contributed by atoms with Gasteiger partial charge in [0.05, 0.1) is 16.8 Å². The lowest BCUT2D eigenvalue weighted by Crippen LogP contribution is -2.78. The first-order valence-electron chi connectivity index (χ1n) is 11.1. The van der Waals surface area contributed by atoms with Crippen LogP contribution in [0.15, 0.2) is 77.7 Å². The number of hydrogen-bond donors (Lipinski definition) is 0. The largest absolute Gasteiger partial charge is 0.296 e. The zero-order chi connectivity index (χ0) is 22.9. The second-order valence-corrected chi connectivity index (χ2v) is 10.5. The van der Waals surface area contributed by atoms with Crippen LogP contribution in [0.3, 0.4) is 0 Å². The van der Waals surface area contributed by atoms with Crippen LogP contribution in [0.1, 0.15) is 45.2 Å². The Kier molecular flexibility index (Phi) is 4.33. The van der Waals surface area contributed by atoms with E-state index in [1.165, 1.54) is 4.90 Å². The van der Waals surface area contributed by atoms with E-state index in [2.05, 4.69) is 6.92 Å². The summed E-state index contributed by atoms with van der Waals surface area (Å²) in [6.07, 6.45) is 0.624. The van der Waals surface area contributed by atoms with Crippen molar-refractivity contribution in [2.75, 3.05) is 4.90 Å². The predicted molar refractivity (Wildman–Crippen MR) is 127 cm³/mol. The van der Waals surface area contributed by atoms with Crippen molar-refractivity contribution in [3.05, 3.63) is 95.1 Å². The molecular weight excluding hydrogens is 432 g/mol. The molecule has 6 heteroatoms. The molecule has 1 fully saturated rings. The molecule has 0 bridgehead atoms. The maximum Gasteiger partial charge on any atom is 0.262 e. The van der Waals surface area contributed by atoms with E-state index in [1.54, 1.807) is 36.0 Å². The SMILES string of the molecule is Cc1ccc(C23CC(C)Sc4ccccc4N2C(=O)C3N2C(=O)c3ccccc3C2=O)cc1. The highest BCUT2D eigenvalue weighted by Gasteiger charge is 2.68. The van der Waals surface area contributed by atoms with Crippen molar-refractivity contribution in [1.82, 2.24) is 4.90 Å². The number of thioether (sulfide) groups is 1. The van der Waals surface area contributed by atoms with Gasteiger partial charge in [-0.1, -0.05) is 61.0 Å². The van der Waals surface area contributed by atoms with E-state index < -0.39 is 23.4 Å². The highest BCUT2D eigenvalue weighted by molar-refractivity contribution is 8.00. The molecule has 3 unspecified atom stereocenters. The highest BCUT2D eigenvalue weighted by atomic mass is 32.2. The fraction of sp³-hybridized carbons (Fsp3) is 0.222. The first-order valence-corrected chi connectivity index (χ1v) is 12.0. The van der Waals surface area contributed by atoms with Crippen LogP contribution in [0.2, 0.25) is 0 Å². The Morgan fingerprint density at radius 1 is 0.848 bits per heavy atom. The predicted octanol–water partition coefficient (Wildman–Crippen LogP) is 4.79. The van der Waals surface area contributed by atoms with Crippen LogP contribution < -0.4 is 4.90 Å². The zero-order valence-corrected chi connectivity index (χ0v) is 19.1. The van der Waals surface area contributed by atoms with Gasteiger partial charge in [0.25, 0.3) is 17.7 Å². The molecule has 0 saturated carbocycles. The molecule has 3 aliphatic rings. The molecular formula is C27H22N2O3S. The summed E-state index contributed by atoms with van der Waals surface area (Å²) in [5.41, 5.74) is 2.80. The summed E-state index contributed by atoms with van der Waals surface area (Å²) in [6, 6.07) is 21.9. The van der Waals surface area contributed by atoms with Gasteiger partial charge in [-0.25, -0.2) is 0 Å². The summed E-state index contributed by atoms with van der Waals surface area (Å²) in [7, 11) is 0. The number of amides is 3. The number of carbonyl (C=O) groups excluding carboxylic acids is 3. The molecule has 5 nitrogen and oxygen atoms in total. The molecule has 3 aromatic rings. The van der Waals surface area contributed by atoms with E-state index in [1.807, 2.05) is 60.4 Å². The normalized spacial score (nSPS) is 25.8. The van der Waals surface area contributed by atoms with E-state index in [4.69, 9.17) is 0 Å². The van der Waals surface area contributed by atoms with E-state index in [0.29, 0.717) is 17.5 Å². The van der Waals surface area contributed by atoms with Crippen LogP contribution in [0.5, 0.6) is 0 Å². The van der Waals surface area contributed by atoms with Gasteiger partial charge >= 0.3 is 0 Å². The minimum Gasteiger partial charge on any atom is -0.296 e. The van der Waals surface area contributed by atoms with Gasteiger partial charge in [-0.15, -0.1) is 11.8 Å². The molecule has 3 heterocycles. The first-order chi connectivity index (χ1) is 15.9. The summed E-state index contributed by atoms with van der Waals surface area (Å²) >= 11 is 1.73. The van der Waals surface area contributed by atoms with Gasteiger partial charge in [-0.2, -0.15) is 0 Å². The quantitative estimate of drug-likeness (QED) is 0.413. The maximum atomic E-state index is 13.9. The van der Waals surface area contributed by atoms with Gasteiger partial charge in [-0.3, -0.25) is 24.2 Å². The van der Waals surface area contributed by atoms with E-state index >= 15 is 0 Å². The monoisotopic (exact) mass is 454 g/mol. The Balaban J connectivity index is 1.57. The molecule has 0 spiro atoms. The Labute approximate surface area is 196 Å². The number of fused-ring (bicyclic) bond motifs is 4. The van der Waals surface area contributed by atoms with Crippen molar-refractivity contribution in [3.8, 4) is 0 Å². The summed E-state index contributed by atoms with van der Waals surface area (Å²) < 4.78 is 0. The number of benzene rings is 3. The third-order valence-electron chi connectivity index (χ3n) is 6.97. The van der Waals surface area contributed by atoms with Crippen LogP contribution in [-0.4, -0.2) is 33.9 Å². The number of imide groups is 1. The molecule has 3 atom stereocenters. The molecule has 0 aromatic heterocycles. The molecule has 3 aromatic carbocycles. The first kappa shape index (κ1) is 20.2. The number of aryl methyl sites for hydroxylation is 1. The third kappa shape index (κ3) is 2.64. The Bertz CT molecular complexity index is 1300. The molecule has 3 aliphatic heterocycles. The van der Waals surface area contributed by atoms with E-state index in [0.717, 1.165) is 21.7 Å². The van der Waals surface area contributed by atoms with Gasteiger partial charge in [-0.05, 0) is 43.2 Å². The molecule has 33 heavy (non-hydrogen) atoms. The van der Waals surface area contributed by atoms with Crippen LogP contribution in [0.4, 0.5) is 5.69 Å². The van der Waals surface area contributed by atoms with Crippen molar-refractivity contribution in [2.45, 2.75) is 42.0 Å². The number of rotatable bonds is 2. The zero-order valence-electron chi connectivity index (χ0n) is 18.3. The van der Waals surface area contributed by atoms with Gasteiger partial charge in [0.15, 0.2) is 0 Å². The minimum atomic E-state index is -0.887. The number of carbonyl (C=O) groups is 3. The Morgan fingerprint density at radius 3 is 2.12 bits per heavy atom. The second-order valence-electron chi connectivity index (χ2n) is 8.99. The van der Waals surface area contributed by atoms with Gasteiger partial charge < -0.3 is 0 Å². The lowest BCUT2D eigenvalue weighted by Gasteiger charge is -2.59. The van der Waals surface area contributed by atoms with Gasteiger partial charge in [0.1, 0.15) is 11.6 Å². The molecule has 0 aliphatic carbocycles. The standard InChI is InChI=1S/C27H22N2O3S/c1-16-11-13-18(14-12-16)27-15-17(2)33-22-10-6-5-9-21(22)29(27)26(32)23(27)28-24(30)19-7-3-4-8-20(19)25(28)31/h3-14,17,23H,15H2,1-2H3. The number of nitrogens with zero attached hydrogens (tertiary/aromatic N) is 2. The van der Waals surface area contributed by atoms with Crippen molar-refractivity contribution in [2.24, 2.45) is 0 Å². The van der Waals surface area contributed by atoms with Crippen LogP contribution in [0, 0.1) is 6.92 Å². The minimum absolute atomic E-state index is 0.170. The smallest absolute Gasteiger partial charge is 0.262 e. The molecule has 164 valence electrons. The number of hydrogen-bond acceptors (Lipinski definition) is 4. The summed E-state index contributed by atoms with van der Waals surface area (Å²) in [5, 5.41) is 0.170. The fourth-order valence-electron chi connectivity index (χ4n) is 5.57. The van der Waals surface area contributed by atoms with Gasteiger partial charge in [0, 0.05) is 10.1 Å². The lowest BCUT2D eigenvalue weighted by molar-refractivity contribution is -0.136. The molecule has 1 saturated heterocycles. The van der Waals surface area contributed by atoms with Crippen molar-refractivity contribution < 1.29 is 14.4 Å². The molecule has 6 rings (SSSR count). The van der Waals surface area contributed by atoms with Crippen molar-refractivity contribution in [3.63, 3.8) is 0 Å². The van der Waals surface area contributed by atoms with Crippen LogP contribution >= 0.6 is 11.8 Å². The van der Waals surface area contributed by atoms with E-state index in [9.17, 15) is 14.4 Å². The third-order valence-corrected chi connectivity index (χ3v) is 8.14. The summed E-state index contributed by atoms with van der Waals surface area (Å²) in [4.78, 5) is 44.8. The van der Waals surface area contributed by atoms with Crippen LogP contribution in [-0.2, 0) is 10.3 Å². The van der Waals surface area contributed by atoms with Crippen LogP contribution in [0.25, 0.3) is 0 Å². The average Bonchev–Trinajstić information content (AvgIpc) is 2.98. The number of para-hydroxylation sites is 1. The molecule has 3 amide bonds. The molecule has 0 N–H and O–H groups in total. The Morgan fingerprint density at radius 2 is 1.45 bits per heavy atom. The highest BCUT2D eigenvalue weighted by Crippen LogP contribution is 2.57. The number of anilines is 1. The van der Waals surface area contributed by atoms with Crippen molar-refractivity contribution in [1.29, 1.82) is 0 Å². The summed E-state index contributed by atoms with van der Waals surface area (Å²) in [5.74, 6) is -0.997. The van der Waals surface area contributed by atoms with Gasteiger partial charge in [0.2, 0.25) is 0 Å². The lowest BCUT2D eigenvalue weighted by atomic mass is 9.69. The van der Waals surface area contributed by atoms with E-state index in [-0.39, 0.29) is 11.2 Å².